The van der Waals surface area contributed by atoms with Gasteiger partial charge in [0.1, 0.15) is 5.60 Å². The molecule has 1 aliphatic rings. The van der Waals surface area contributed by atoms with E-state index in [2.05, 4.69) is 29.7 Å². The largest absolute Gasteiger partial charge is 0.444 e. The molecule has 4 nitrogen and oxygen atoms in total. The maximum absolute atomic E-state index is 11.7. The Morgan fingerprint density at radius 2 is 2.15 bits per heavy atom. The van der Waals surface area contributed by atoms with Crippen molar-refractivity contribution in [2.45, 2.75) is 65.0 Å². The summed E-state index contributed by atoms with van der Waals surface area (Å²) in [6.07, 6.45) is 8.73. The molecule has 1 rings (SSSR count). The predicted molar refractivity (Wildman–Crippen MR) is 82.8 cm³/mol. The Balaban J connectivity index is 2.21. The third-order valence-electron chi connectivity index (χ3n) is 3.42. The minimum Gasteiger partial charge on any atom is -0.444 e. The van der Waals surface area contributed by atoms with Crippen LogP contribution in [0.3, 0.4) is 0 Å². The maximum Gasteiger partial charge on any atom is 0.407 e. The molecule has 20 heavy (non-hydrogen) atoms. The highest BCUT2D eigenvalue weighted by Gasteiger charge is 2.18. The molecule has 2 N–H and O–H groups in total. The number of hydrogen-bond acceptors (Lipinski definition) is 3. The molecule has 116 valence electrons. The van der Waals surface area contributed by atoms with Crippen LogP contribution in [0.2, 0.25) is 0 Å². The summed E-state index contributed by atoms with van der Waals surface area (Å²) in [7, 11) is 0. The zero-order valence-electron chi connectivity index (χ0n) is 13.4. The molecule has 0 spiro atoms. The van der Waals surface area contributed by atoms with Crippen LogP contribution in [0.5, 0.6) is 0 Å². The number of alkyl carbamates (subject to hydrolysis) is 1. The molecule has 0 saturated heterocycles. The molecule has 1 aliphatic carbocycles. The molecular weight excluding hydrogens is 252 g/mol. The van der Waals surface area contributed by atoms with Gasteiger partial charge in [-0.25, -0.2) is 4.79 Å². The highest BCUT2D eigenvalue weighted by atomic mass is 16.6. The van der Waals surface area contributed by atoms with Gasteiger partial charge in [0.25, 0.3) is 0 Å². The summed E-state index contributed by atoms with van der Waals surface area (Å²) < 4.78 is 5.28. The van der Waals surface area contributed by atoms with Crippen molar-refractivity contribution in [1.29, 1.82) is 0 Å². The first-order chi connectivity index (χ1) is 9.40. The average molecular weight is 282 g/mol. The number of nitrogens with one attached hydrogen (secondary N) is 2. The highest BCUT2D eigenvalue weighted by molar-refractivity contribution is 5.68. The molecule has 0 heterocycles. The lowest BCUT2D eigenvalue weighted by molar-refractivity contribution is 0.0502. The van der Waals surface area contributed by atoms with Crippen LogP contribution in [0.4, 0.5) is 4.79 Å². The van der Waals surface area contributed by atoms with E-state index in [1.807, 2.05) is 20.8 Å². The normalized spacial score (nSPS) is 20.5. The lowest BCUT2D eigenvalue weighted by Crippen LogP contribution is -2.44. The molecular formula is C16H30N2O2. The molecule has 1 amide bonds. The number of rotatable bonds is 6. The Labute approximate surface area is 123 Å². The third-order valence-corrected chi connectivity index (χ3v) is 3.42. The zero-order valence-corrected chi connectivity index (χ0v) is 13.4. The Bertz CT molecular complexity index is 321. The summed E-state index contributed by atoms with van der Waals surface area (Å²) in [4.78, 5) is 11.7. The van der Waals surface area contributed by atoms with E-state index in [1.165, 1.54) is 19.3 Å². The fraction of sp³-hybridized carbons (Fsp3) is 0.812. The van der Waals surface area contributed by atoms with Crippen LogP contribution in [-0.2, 0) is 4.74 Å². The van der Waals surface area contributed by atoms with Crippen molar-refractivity contribution in [3.63, 3.8) is 0 Å². The van der Waals surface area contributed by atoms with Gasteiger partial charge in [0, 0.05) is 12.6 Å². The first-order valence-corrected chi connectivity index (χ1v) is 7.76. The SMILES string of the molecule is CCC(CNCC1CC=CCC1)NC(=O)OC(C)(C)C. The van der Waals surface area contributed by atoms with E-state index in [0.717, 1.165) is 25.4 Å². The van der Waals surface area contributed by atoms with Gasteiger partial charge in [0.05, 0.1) is 0 Å². The first-order valence-electron chi connectivity index (χ1n) is 7.76. The molecule has 0 bridgehead atoms. The second-order valence-electron chi connectivity index (χ2n) is 6.56. The van der Waals surface area contributed by atoms with Gasteiger partial charge in [-0.2, -0.15) is 0 Å². The summed E-state index contributed by atoms with van der Waals surface area (Å²) >= 11 is 0. The third kappa shape index (κ3) is 7.53. The van der Waals surface area contributed by atoms with Gasteiger partial charge < -0.3 is 15.4 Å². The lowest BCUT2D eigenvalue weighted by atomic mass is 9.94. The van der Waals surface area contributed by atoms with E-state index in [1.54, 1.807) is 0 Å². The van der Waals surface area contributed by atoms with Crippen molar-refractivity contribution in [3.05, 3.63) is 12.2 Å². The van der Waals surface area contributed by atoms with Crippen LogP contribution in [-0.4, -0.2) is 30.8 Å². The van der Waals surface area contributed by atoms with E-state index < -0.39 is 5.60 Å². The number of hydrogen-bond donors (Lipinski definition) is 2. The molecule has 0 aromatic heterocycles. The van der Waals surface area contributed by atoms with Gasteiger partial charge in [-0.15, -0.1) is 0 Å². The van der Waals surface area contributed by atoms with Gasteiger partial charge in [-0.3, -0.25) is 0 Å². The predicted octanol–water partition coefficient (Wildman–Crippen LogP) is 3.24. The molecule has 2 atom stereocenters. The van der Waals surface area contributed by atoms with Crippen molar-refractivity contribution in [2.75, 3.05) is 13.1 Å². The van der Waals surface area contributed by atoms with Crippen molar-refractivity contribution in [2.24, 2.45) is 5.92 Å². The summed E-state index contributed by atoms with van der Waals surface area (Å²) in [5.41, 5.74) is -0.440. The van der Waals surface area contributed by atoms with Crippen LogP contribution < -0.4 is 10.6 Å². The number of amides is 1. The Kier molecular flexibility index (Phi) is 7.06. The van der Waals surface area contributed by atoms with E-state index in [0.29, 0.717) is 0 Å². The summed E-state index contributed by atoms with van der Waals surface area (Å²) in [5, 5.41) is 6.39. The lowest BCUT2D eigenvalue weighted by Gasteiger charge is -2.24. The Morgan fingerprint density at radius 3 is 2.70 bits per heavy atom. The molecule has 0 fully saturated rings. The summed E-state index contributed by atoms with van der Waals surface area (Å²) in [6.45, 7) is 9.53. The van der Waals surface area contributed by atoms with Gasteiger partial charge in [0.2, 0.25) is 0 Å². The van der Waals surface area contributed by atoms with Gasteiger partial charge >= 0.3 is 6.09 Å². The monoisotopic (exact) mass is 282 g/mol. The molecule has 0 radical (unpaired) electrons. The second kappa shape index (κ2) is 8.30. The second-order valence-corrected chi connectivity index (χ2v) is 6.56. The summed E-state index contributed by atoms with van der Waals surface area (Å²) in [6, 6.07) is 0.129. The van der Waals surface area contributed by atoms with Crippen LogP contribution >= 0.6 is 0 Å². The quantitative estimate of drug-likeness (QED) is 0.735. The molecule has 0 aromatic carbocycles. The van der Waals surface area contributed by atoms with Gasteiger partial charge in [0.15, 0.2) is 0 Å². The molecule has 0 saturated carbocycles. The molecule has 2 unspecified atom stereocenters. The van der Waals surface area contributed by atoms with E-state index in [4.69, 9.17) is 4.74 Å². The van der Waals surface area contributed by atoms with Crippen LogP contribution in [0, 0.1) is 5.92 Å². The van der Waals surface area contributed by atoms with Crippen LogP contribution in [0.15, 0.2) is 12.2 Å². The van der Waals surface area contributed by atoms with Crippen molar-refractivity contribution < 1.29 is 9.53 Å². The Morgan fingerprint density at radius 1 is 1.40 bits per heavy atom. The van der Waals surface area contributed by atoms with Crippen molar-refractivity contribution >= 4 is 6.09 Å². The minimum absolute atomic E-state index is 0.129. The van der Waals surface area contributed by atoms with Gasteiger partial charge in [-0.05, 0) is 58.9 Å². The van der Waals surface area contributed by atoms with E-state index in [9.17, 15) is 4.79 Å². The van der Waals surface area contributed by atoms with Crippen LogP contribution in [0.25, 0.3) is 0 Å². The van der Waals surface area contributed by atoms with Gasteiger partial charge in [-0.1, -0.05) is 19.1 Å². The molecule has 0 aliphatic heterocycles. The number of ether oxygens (including phenoxy) is 1. The Hall–Kier alpha value is -1.03. The average Bonchev–Trinajstić information content (AvgIpc) is 2.36. The highest BCUT2D eigenvalue weighted by Crippen LogP contribution is 2.16. The van der Waals surface area contributed by atoms with Crippen LogP contribution in [0.1, 0.15) is 53.4 Å². The fourth-order valence-corrected chi connectivity index (χ4v) is 2.28. The zero-order chi connectivity index (χ0) is 15.0. The fourth-order valence-electron chi connectivity index (χ4n) is 2.28. The van der Waals surface area contributed by atoms with Crippen molar-refractivity contribution in [1.82, 2.24) is 10.6 Å². The number of allylic oxidation sites excluding steroid dienone is 2. The number of carbonyl (C=O) groups excluding carboxylic acids is 1. The smallest absolute Gasteiger partial charge is 0.407 e. The standard InChI is InChI=1S/C16H30N2O2/c1-5-14(18-15(19)20-16(2,3)4)12-17-11-13-9-7-6-8-10-13/h6-7,13-14,17H,5,8-12H2,1-4H3,(H,18,19). The van der Waals surface area contributed by atoms with E-state index in [-0.39, 0.29) is 12.1 Å². The molecule has 4 heteroatoms. The first kappa shape index (κ1) is 17.0. The summed E-state index contributed by atoms with van der Waals surface area (Å²) in [5.74, 6) is 0.735. The van der Waals surface area contributed by atoms with E-state index >= 15 is 0 Å². The number of carbonyl (C=O) groups is 1. The topological polar surface area (TPSA) is 50.4 Å². The maximum atomic E-state index is 11.7. The molecule has 0 aromatic rings. The minimum atomic E-state index is -0.440. The van der Waals surface area contributed by atoms with Crippen molar-refractivity contribution in [3.8, 4) is 0 Å².